The zero-order valence-electron chi connectivity index (χ0n) is 10.1. The fraction of sp³-hybridized carbons (Fsp3) is 0.538. The summed E-state index contributed by atoms with van der Waals surface area (Å²) < 4.78 is 10.7. The third kappa shape index (κ3) is 2.41. The minimum absolute atomic E-state index is 0.508. The summed E-state index contributed by atoms with van der Waals surface area (Å²) in [6.45, 7) is 2.62. The molecule has 0 aliphatic carbocycles. The molecule has 2 unspecified atom stereocenters. The number of benzene rings is 1. The Labute approximate surface area is 106 Å². The summed E-state index contributed by atoms with van der Waals surface area (Å²) in [6.07, 6.45) is 1.11. The van der Waals surface area contributed by atoms with Crippen molar-refractivity contribution >= 4 is 11.6 Å². The number of aliphatic hydroxyl groups excluding tert-OH is 1. The predicted octanol–water partition coefficient (Wildman–Crippen LogP) is 2.95. The van der Waals surface area contributed by atoms with E-state index in [-0.39, 0.29) is 0 Å². The SMILES string of the molecule is COc1ccc(C(O)C2(C)CCCO2)c(Cl)c1. The van der Waals surface area contributed by atoms with Gasteiger partial charge in [-0.05, 0) is 31.9 Å². The highest BCUT2D eigenvalue weighted by atomic mass is 35.5. The van der Waals surface area contributed by atoms with Crippen molar-refractivity contribution in [1.29, 1.82) is 0 Å². The summed E-state index contributed by atoms with van der Waals surface area (Å²) in [7, 11) is 1.59. The van der Waals surface area contributed by atoms with Gasteiger partial charge in [0.15, 0.2) is 0 Å². The molecule has 94 valence electrons. The number of hydrogen-bond donors (Lipinski definition) is 1. The third-order valence-corrected chi connectivity index (χ3v) is 3.66. The van der Waals surface area contributed by atoms with Gasteiger partial charge in [-0.3, -0.25) is 0 Å². The molecule has 1 aromatic rings. The molecule has 0 radical (unpaired) electrons. The molecule has 1 N–H and O–H groups in total. The second-order valence-electron chi connectivity index (χ2n) is 4.55. The van der Waals surface area contributed by atoms with Crippen LogP contribution in [0.2, 0.25) is 5.02 Å². The molecule has 0 saturated carbocycles. The van der Waals surface area contributed by atoms with E-state index in [1.807, 2.05) is 6.92 Å². The van der Waals surface area contributed by atoms with Crippen LogP contribution in [0, 0.1) is 0 Å². The largest absolute Gasteiger partial charge is 0.497 e. The lowest BCUT2D eigenvalue weighted by atomic mass is 9.90. The van der Waals surface area contributed by atoms with E-state index in [4.69, 9.17) is 21.1 Å². The van der Waals surface area contributed by atoms with Crippen LogP contribution in [0.4, 0.5) is 0 Å². The number of halogens is 1. The zero-order valence-corrected chi connectivity index (χ0v) is 10.8. The van der Waals surface area contributed by atoms with Gasteiger partial charge in [-0.15, -0.1) is 0 Å². The molecule has 4 heteroatoms. The van der Waals surface area contributed by atoms with E-state index in [1.165, 1.54) is 0 Å². The summed E-state index contributed by atoms with van der Waals surface area (Å²) in [6, 6.07) is 5.29. The lowest BCUT2D eigenvalue weighted by Crippen LogP contribution is -2.32. The summed E-state index contributed by atoms with van der Waals surface area (Å²) in [4.78, 5) is 0. The molecule has 1 aromatic carbocycles. The van der Waals surface area contributed by atoms with Gasteiger partial charge in [-0.2, -0.15) is 0 Å². The van der Waals surface area contributed by atoms with Crippen molar-refractivity contribution in [3.05, 3.63) is 28.8 Å². The van der Waals surface area contributed by atoms with Gasteiger partial charge in [-0.1, -0.05) is 17.7 Å². The average molecular weight is 257 g/mol. The third-order valence-electron chi connectivity index (χ3n) is 3.33. The number of hydrogen-bond acceptors (Lipinski definition) is 3. The average Bonchev–Trinajstić information content (AvgIpc) is 2.76. The first kappa shape index (κ1) is 12.7. The Morgan fingerprint density at radius 2 is 2.29 bits per heavy atom. The van der Waals surface area contributed by atoms with Crippen molar-refractivity contribution in [1.82, 2.24) is 0 Å². The maximum atomic E-state index is 10.4. The highest BCUT2D eigenvalue weighted by Gasteiger charge is 2.39. The molecule has 1 heterocycles. The van der Waals surface area contributed by atoms with Gasteiger partial charge in [0.25, 0.3) is 0 Å². The normalized spacial score (nSPS) is 25.9. The first-order chi connectivity index (χ1) is 8.07. The molecule has 17 heavy (non-hydrogen) atoms. The molecule has 2 rings (SSSR count). The summed E-state index contributed by atoms with van der Waals surface area (Å²) in [5.74, 6) is 0.684. The van der Waals surface area contributed by atoms with Crippen LogP contribution in [-0.4, -0.2) is 24.4 Å². The van der Waals surface area contributed by atoms with E-state index < -0.39 is 11.7 Å². The predicted molar refractivity (Wildman–Crippen MR) is 66.6 cm³/mol. The van der Waals surface area contributed by atoms with E-state index >= 15 is 0 Å². The Hall–Kier alpha value is -0.770. The molecule has 0 aromatic heterocycles. The number of methoxy groups -OCH3 is 1. The number of rotatable bonds is 3. The molecule has 1 saturated heterocycles. The molecule has 0 bridgehead atoms. The number of aliphatic hydroxyl groups is 1. The van der Waals surface area contributed by atoms with Crippen LogP contribution in [0.1, 0.15) is 31.4 Å². The van der Waals surface area contributed by atoms with E-state index in [9.17, 15) is 5.11 Å². The van der Waals surface area contributed by atoms with E-state index in [1.54, 1.807) is 25.3 Å². The maximum absolute atomic E-state index is 10.4. The van der Waals surface area contributed by atoms with Crippen molar-refractivity contribution < 1.29 is 14.6 Å². The maximum Gasteiger partial charge on any atom is 0.120 e. The molecule has 1 aliphatic heterocycles. The zero-order chi connectivity index (χ0) is 12.5. The fourth-order valence-electron chi connectivity index (χ4n) is 2.20. The lowest BCUT2D eigenvalue weighted by molar-refractivity contribution is -0.0795. The topological polar surface area (TPSA) is 38.7 Å². The van der Waals surface area contributed by atoms with Crippen LogP contribution < -0.4 is 4.74 Å². The molecule has 3 nitrogen and oxygen atoms in total. The van der Waals surface area contributed by atoms with Gasteiger partial charge in [0.2, 0.25) is 0 Å². The van der Waals surface area contributed by atoms with Crippen molar-refractivity contribution in [2.24, 2.45) is 0 Å². The van der Waals surface area contributed by atoms with E-state index in [0.29, 0.717) is 22.9 Å². The number of ether oxygens (including phenoxy) is 2. The van der Waals surface area contributed by atoms with Crippen LogP contribution in [0.25, 0.3) is 0 Å². The smallest absolute Gasteiger partial charge is 0.120 e. The van der Waals surface area contributed by atoms with Crippen LogP contribution in [0.3, 0.4) is 0 Å². The van der Waals surface area contributed by atoms with Gasteiger partial charge < -0.3 is 14.6 Å². The monoisotopic (exact) mass is 256 g/mol. The first-order valence-electron chi connectivity index (χ1n) is 5.72. The molecule has 1 fully saturated rings. The quantitative estimate of drug-likeness (QED) is 0.904. The Morgan fingerprint density at radius 1 is 1.53 bits per heavy atom. The second-order valence-corrected chi connectivity index (χ2v) is 4.96. The van der Waals surface area contributed by atoms with Crippen molar-refractivity contribution in [2.75, 3.05) is 13.7 Å². The fourth-order valence-corrected chi connectivity index (χ4v) is 2.48. The molecule has 0 spiro atoms. The van der Waals surface area contributed by atoms with E-state index in [0.717, 1.165) is 12.8 Å². The Bertz CT molecular complexity index is 400. The Balaban J connectivity index is 2.27. The highest BCUT2D eigenvalue weighted by molar-refractivity contribution is 6.31. The van der Waals surface area contributed by atoms with Gasteiger partial charge in [-0.25, -0.2) is 0 Å². The second kappa shape index (κ2) is 4.84. The minimum Gasteiger partial charge on any atom is -0.497 e. The lowest BCUT2D eigenvalue weighted by Gasteiger charge is -2.30. The van der Waals surface area contributed by atoms with Crippen LogP contribution in [0.15, 0.2) is 18.2 Å². The van der Waals surface area contributed by atoms with Gasteiger partial charge in [0, 0.05) is 12.2 Å². The minimum atomic E-state index is -0.705. The standard InChI is InChI=1S/C13H17ClO3/c1-13(6-3-7-17-13)12(15)10-5-4-9(16-2)8-11(10)14/h4-5,8,12,15H,3,6-7H2,1-2H3. The highest BCUT2D eigenvalue weighted by Crippen LogP contribution is 2.40. The molecular weight excluding hydrogens is 240 g/mol. The molecular formula is C13H17ClO3. The Kier molecular flexibility index (Phi) is 3.61. The Morgan fingerprint density at radius 3 is 2.82 bits per heavy atom. The van der Waals surface area contributed by atoms with Crippen LogP contribution in [0.5, 0.6) is 5.75 Å². The van der Waals surface area contributed by atoms with Gasteiger partial charge in [0.05, 0.1) is 17.7 Å². The molecule has 0 amide bonds. The van der Waals surface area contributed by atoms with Crippen molar-refractivity contribution in [3.8, 4) is 5.75 Å². The summed E-state index contributed by atoms with van der Waals surface area (Å²) >= 11 is 6.15. The summed E-state index contributed by atoms with van der Waals surface area (Å²) in [5, 5.41) is 10.9. The summed E-state index contributed by atoms with van der Waals surface area (Å²) in [5.41, 5.74) is 0.162. The van der Waals surface area contributed by atoms with Gasteiger partial charge >= 0.3 is 0 Å². The van der Waals surface area contributed by atoms with E-state index in [2.05, 4.69) is 0 Å². The molecule has 1 aliphatic rings. The van der Waals surface area contributed by atoms with Crippen LogP contribution >= 0.6 is 11.6 Å². The van der Waals surface area contributed by atoms with Gasteiger partial charge in [0.1, 0.15) is 11.9 Å². The van der Waals surface area contributed by atoms with Crippen molar-refractivity contribution in [2.45, 2.75) is 31.5 Å². The molecule has 2 atom stereocenters. The van der Waals surface area contributed by atoms with Crippen LogP contribution in [-0.2, 0) is 4.74 Å². The van der Waals surface area contributed by atoms with Crippen molar-refractivity contribution in [3.63, 3.8) is 0 Å². The first-order valence-corrected chi connectivity index (χ1v) is 6.10.